The van der Waals surface area contributed by atoms with Gasteiger partial charge in [-0.1, -0.05) is 5.92 Å². The van der Waals surface area contributed by atoms with E-state index in [0.717, 1.165) is 0 Å². The lowest BCUT2D eigenvalue weighted by molar-refractivity contribution is 0.112. The van der Waals surface area contributed by atoms with Crippen molar-refractivity contribution < 1.29 is 9.53 Å². The van der Waals surface area contributed by atoms with Gasteiger partial charge in [-0.15, -0.1) is 6.42 Å². The van der Waals surface area contributed by atoms with E-state index >= 15 is 0 Å². The molecule has 1 aromatic rings. The van der Waals surface area contributed by atoms with Crippen LogP contribution in [-0.2, 0) is 0 Å². The van der Waals surface area contributed by atoms with Crippen LogP contribution in [0.2, 0.25) is 0 Å². The van der Waals surface area contributed by atoms with Gasteiger partial charge >= 0.3 is 6.01 Å². The van der Waals surface area contributed by atoms with Crippen LogP contribution in [0.3, 0.4) is 0 Å². The van der Waals surface area contributed by atoms with Crippen molar-refractivity contribution in [3.63, 3.8) is 0 Å². The lowest BCUT2D eigenvalue weighted by Crippen LogP contribution is -1.98. The number of carbonyl (C=O) groups excluding carboxylic acids is 1. The molecule has 0 N–H and O–H groups in total. The molecule has 1 aromatic heterocycles. The molecule has 0 amide bonds. The van der Waals surface area contributed by atoms with Crippen molar-refractivity contribution in [1.29, 1.82) is 0 Å². The molecular weight excluding hydrogens is 156 g/mol. The van der Waals surface area contributed by atoms with Crippen molar-refractivity contribution in [2.24, 2.45) is 0 Å². The van der Waals surface area contributed by atoms with Crippen LogP contribution in [0.1, 0.15) is 10.4 Å². The van der Waals surface area contributed by atoms with E-state index in [9.17, 15) is 4.79 Å². The largest absolute Gasteiger partial charge is 0.450 e. The molecule has 60 valence electrons. The van der Waals surface area contributed by atoms with E-state index in [1.807, 2.05) is 0 Å². The summed E-state index contributed by atoms with van der Waals surface area (Å²) in [4.78, 5) is 17.6. The van der Waals surface area contributed by atoms with Gasteiger partial charge in [0.05, 0.1) is 5.56 Å². The monoisotopic (exact) mass is 162 g/mol. The van der Waals surface area contributed by atoms with E-state index < -0.39 is 0 Å². The fourth-order valence-electron chi connectivity index (χ4n) is 0.568. The SMILES string of the molecule is C#CCOc1ncc(C=O)cn1. The number of aldehydes is 1. The fraction of sp³-hybridized carbons (Fsp3) is 0.125. The molecule has 0 saturated heterocycles. The lowest BCUT2D eigenvalue weighted by atomic mass is 10.4. The molecule has 0 unspecified atom stereocenters. The molecule has 0 aliphatic carbocycles. The number of nitrogens with zero attached hydrogens (tertiary/aromatic N) is 2. The molecule has 0 spiro atoms. The molecule has 4 nitrogen and oxygen atoms in total. The van der Waals surface area contributed by atoms with Crippen LogP contribution in [0.15, 0.2) is 12.4 Å². The molecule has 0 atom stereocenters. The molecular formula is C8H6N2O2. The Kier molecular flexibility index (Phi) is 2.79. The Morgan fingerprint density at radius 1 is 1.58 bits per heavy atom. The Hall–Kier alpha value is -1.89. The molecule has 4 heteroatoms. The van der Waals surface area contributed by atoms with Crippen LogP contribution in [0.4, 0.5) is 0 Å². The summed E-state index contributed by atoms with van der Waals surface area (Å²) in [5.74, 6) is 2.27. The van der Waals surface area contributed by atoms with Gasteiger partial charge in [0.1, 0.15) is 0 Å². The van der Waals surface area contributed by atoms with Crippen LogP contribution in [-0.4, -0.2) is 22.9 Å². The zero-order chi connectivity index (χ0) is 8.81. The average Bonchev–Trinajstić information content (AvgIpc) is 2.15. The summed E-state index contributed by atoms with van der Waals surface area (Å²) in [5.41, 5.74) is 0.406. The van der Waals surface area contributed by atoms with Gasteiger partial charge in [-0.05, 0) is 0 Å². The summed E-state index contributed by atoms with van der Waals surface area (Å²) >= 11 is 0. The molecule has 12 heavy (non-hydrogen) atoms. The Bertz CT molecular complexity index is 300. The number of hydrogen-bond donors (Lipinski definition) is 0. The van der Waals surface area contributed by atoms with Gasteiger partial charge in [0.15, 0.2) is 12.9 Å². The predicted octanol–water partition coefficient (Wildman–Crippen LogP) is 0.301. The Morgan fingerprint density at radius 2 is 2.25 bits per heavy atom. The second kappa shape index (κ2) is 4.09. The summed E-state index contributed by atoms with van der Waals surface area (Å²) in [6, 6.07) is 0.179. The summed E-state index contributed by atoms with van der Waals surface area (Å²) in [7, 11) is 0. The summed E-state index contributed by atoms with van der Waals surface area (Å²) in [6.45, 7) is 0.125. The van der Waals surface area contributed by atoms with Crippen molar-refractivity contribution in [3.05, 3.63) is 18.0 Å². The number of hydrogen-bond acceptors (Lipinski definition) is 4. The molecule has 0 aromatic carbocycles. The third kappa shape index (κ3) is 2.06. The second-order valence-corrected chi connectivity index (χ2v) is 1.91. The first-order valence-electron chi connectivity index (χ1n) is 3.20. The van der Waals surface area contributed by atoms with Crippen molar-refractivity contribution in [2.45, 2.75) is 0 Å². The van der Waals surface area contributed by atoms with E-state index in [-0.39, 0.29) is 12.6 Å². The van der Waals surface area contributed by atoms with E-state index in [1.165, 1.54) is 12.4 Å². The minimum atomic E-state index is 0.125. The first-order valence-corrected chi connectivity index (χ1v) is 3.20. The van der Waals surface area contributed by atoms with Gasteiger partial charge in [0.2, 0.25) is 0 Å². The van der Waals surface area contributed by atoms with Gasteiger partial charge in [0, 0.05) is 12.4 Å². The van der Waals surface area contributed by atoms with E-state index in [1.54, 1.807) is 0 Å². The highest BCUT2D eigenvalue weighted by atomic mass is 16.5. The molecule has 0 saturated carbocycles. The third-order valence-electron chi connectivity index (χ3n) is 1.07. The van der Waals surface area contributed by atoms with Crippen LogP contribution in [0.25, 0.3) is 0 Å². The molecule has 1 heterocycles. The highest BCUT2D eigenvalue weighted by Crippen LogP contribution is 1.99. The quantitative estimate of drug-likeness (QED) is 0.474. The zero-order valence-corrected chi connectivity index (χ0v) is 6.23. The van der Waals surface area contributed by atoms with Gasteiger partial charge in [-0.2, -0.15) is 0 Å². The van der Waals surface area contributed by atoms with Crippen LogP contribution in [0, 0.1) is 12.3 Å². The molecule has 0 fully saturated rings. The number of terminal acetylenes is 1. The average molecular weight is 162 g/mol. The molecule has 1 rings (SSSR count). The maximum atomic E-state index is 10.2. The van der Waals surface area contributed by atoms with Crippen molar-refractivity contribution in [3.8, 4) is 18.4 Å². The normalized spacial score (nSPS) is 8.58. The first-order chi connectivity index (χ1) is 5.86. The highest BCUT2D eigenvalue weighted by molar-refractivity contribution is 5.73. The van der Waals surface area contributed by atoms with E-state index in [4.69, 9.17) is 11.2 Å². The second-order valence-electron chi connectivity index (χ2n) is 1.91. The first kappa shape index (κ1) is 8.21. The predicted molar refractivity (Wildman–Crippen MR) is 41.7 cm³/mol. The molecule has 0 radical (unpaired) electrons. The zero-order valence-electron chi connectivity index (χ0n) is 6.23. The van der Waals surface area contributed by atoms with Crippen LogP contribution in [0.5, 0.6) is 6.01 Å². The molecule has 0 aliphatic rings. The number of ether oxygens (including phenoxy) is 1. The standard InChI is InChI=1S/C8H6N2O2/c1-2-3-12-8-9-4-7(6-11)5-10-8/h1,4-6H,3H2. The van der Waals surface area contributed by atoms with Gasteiger partial charge in [-0.25, -0.2) is 9.97 Å². The van der Waals surface area contributed by atoms with Gasteiger partial charge in [-0.3, -0.25) is 4.79 Å². The molecule has 0 aliphatic heterocycles. The maximum absolute atomic E-state index is 10.2. The topological polar surface area (TPSA) is 52.1 Å². The van der Waals surface area contributed by atoms with Crippen molar-refractivity contribution >= 4 is 6.29 Å². The van der Waals surface area contributed by atoms with E-state index in [2.05, 4.69) is 15.9 Å². The van der Waals surface area contributed by atoms with E-state index in [0.29, 0.717) is 11.8 Å². The third-order valence-corrected chi connectivity index (χ3v) is 1.07. The Balaban J connectivity index is 2.66. The Labute approximate surface area is 69.6 Å². The number of carbonyl (C=O) groups is 1. The highest BCUT2D eigenvalue weighted by Gasteiger charge is 1.95. The summed E-state index contributed by atoms with van der Waals surface area (Å²) in [5, 5.41) is 0. The molecule has 0 bridgehead atoms. The van der Waals surface area contributed by atoms with Gasteiger partial charge < -0.3 is 4.74 Å². The Morgan fingerprint density at radius 3 is 2.75 bits per heavy atom. The van der Waals surface area contributed by atoms with Gasteiger partial charge in [0.25, 0.3) is 0 Å². The fourth-order valence-corrected chi connectivity index (χ4v) is 0.568. The van der Waals surface area contributed by atoms with Crippen LogP contribution >= 0.6 is 0 Å². The lowest BCUT2D eigenvalue weighted by Gasteiger charge is -1.97. The van der Waals surface area contributed by atoms with Crippen molar-refractivity contribution in [2.75, 3.05) is 6.61 Å². The number of rotatable bonds is 3. The van der Waals surface area contributed by atoms with Crippen molar-refractivity contribution in [1.82, 2.24) is 9.97 Å². The summed E-state index contributed by atoms with van der Waals surface area (Å²) < 4.78 is 4.88. The minimum absolute atomic E-state index is 0.125. The maximum Gasteiger partial charge on any atom is 0.317 e. The van der Waals surface area contributed by atoms with Crippen LogP contribution < -0.4 is 4.74 Å². The summed E-state index contributed by atoms with van der Waals surface area (Å²) in [6.07, 6.45) is 8.34. The minimum Gasteiger partial charge on any atom is -0.450 e. The number of aromatic nitrogens is 2. The smallest absolute Gasteiger partial charge is 0.317 e.